The fourth-order valence-corrected chi connectivity index (χ4v) is 4.80. The normalized spacial score (nSPS) is 21.3. The molecule has 166 valence electrons. The predicted octanol–water partition coefficient (Wildman–Crippen LogP) is 5.42. The number of amides is 1. The summed E-state index contributed by atoms with van der Waals surface area (Å²) >= 11 is 5.85. The van der Waals surface area contributed by atoms with Crippen molar-refractivity contribution in [3.63, 3.8) is 0 Å². The zero-order valence-electron chi connectivity index (χ0n) is 18.4. The van der Waals surface area contributed by atoms with Crippen molar-refractivity contribution in [2.24, 2.45) is 5.92 Å². The van der Waals surface area contributed by atoms with E-state index in [-0.39, 0.29) is 29.3 Å². The van der Waals surface area contributed by atoms with Gasteiger partial charge in [-0.15, -0.1) is 0 Å². The Morgan fingerprint density at radius 1 is 1.23 bits per heavy atom. The maximum atomic E-state index is 14.1. The number of rotatable bonds is 4. The lowest BCUT2D eigenvalue weighted by Gasteiger charge is -2.39. The van der Waals surface area contributed by atoms with Gasteiger partial charge in [-0.1, -0.05) is 35.4 Å². The molecule has 0 spiro atoms. The molecular formula is C25H30ClFN2O2. The van der Waals surface area contributed by atoms with Crippen LogP contribution in [0.2, 0.25) is 5.02 Å². The van der Waals surface area contributed by atoms with Crippen LogP contribution in [-0.4, -0.2) is 29.5 Å². The van der Waals surface area contributed by atoms with Crippen molar-refractivity contribution < 1.29 is 13.9 Å². The van der Waals surface area contributed by atoms with Crippen LogP contribution >= 0.6 is 11.6 Å². The second-order valence-corrected chi connectivity index (χ2v) is 9.89. The zero-order chi connectivity index (χ0) is 22.2. The first-order chi connectivity index (χ1) is 14.7. The number of fused-ring (bicyclic) bond motifs is 1. The molecule has 4 rings (SSSR count). The average molecular weight is 445 g/mol. The first-order valence-electron chi connectivity index (χ1n) is 11.0. The number of ether oxygens (including phenoxy) is 1. The molecule has 0 aliphatic carbocycles. The highest BCUT2D eigenvalue weighted by Crippen LogP contribution is 2.40. The van der Waals surface area contributed by atoms with Crippen LogP contribution < -0.4 is 10.1 Å². The highest BCUT2D eigenvalue weighted by atomic mass is 35.5. The topological polar surface area (TPSA) is 41.6 Å². The molecule has 0 radical (unpaired) electrons. The molecule has 2 aliphatic rings. The molecular weight excluding hydrogens is 415 g/mol. The van der Waals surface area contributed by atoms with Gasteiger partial charge in [0.15, 0.2) is 0 Å². The minimum atomic E-state index is -0.327. The van der Waals surface area contributed by atoms with Crippen LogP contribution in [0.5, 0.6) is 5.75 Å². The number of likely N-dealkylation sites (tertiary alicyclic amines) is 1. The molecule has 1 N–H and O–H groups in total. The summed E-state index contributed by atoms with van der Waals surface area (Å²) in [6.45, 7) is 8.26. The third kappa shape index (κ3) is 5.21. The number of aryl methyl sites for hydroxylation is 1. The maximum Gasteiger partial charge on any atom is 0.223 e. The SMILES string of the molecule is Cc1ccc2c(c1)[C@@H](NC(=O)C1CCN(Cc3ccc(Cl)cc3F)CC1)CC(C)(C)O2. The molecule has 2 heterocycles. The van der Waals surface area contributed by atoms with Crippen LogP contribution in [0.25, 0.3) is 0 Å². The number of nitrogens with one attached hydrogen (secondary N) is 1. The van der Waals surface area contributed by atoms with E-state index in [1.807, 2.05) is 12.1 Å². The van der Waals surface area contributed by atoms with E-state index in [0.717, 1.165) is 49.2 Å². The molecule has 2 aliphatic heterocycles. The van der Waals surface area contributed by atoms with Gasteiger partial charge in [0.25, 0.3) is 0 Å². The van der Waals surface area contributed by atoms with E-state index in [1.54, 1.807) is 12.1 Å². The van der Waals surface area contributed by atoms with Crippen molar-refractivity contribution in [2.75, 3.05) is 13.1 Å². The quantitative estimate of drug-likeness (QED) is 0.684. The molecule has 0 aromatic heterocycles. The molecule has 1 amide bonds. The Morgan fingerprint density at radius 3 is 2.68 bits per heavy atom. The van der Waals surface area contributed by atoms with Crippen molar-refractivity contribution in [1.29, 1.82) is 0 Å². The summed E-state index contributed by atoms with van der Waals surface area (Å²) in [5.74, 6) is 0.661. The Morgan fingerprint density at radius 2 is 1.97 bits per heavy atom. The van der Waals surface area contributed by atoms with E-state index in [9.17, 15) is 9.18 Å². The molecule has 2 aromatic rings. The van der Waals surface area contributed by atoms with E-state index in [0.29, 0.717) is 17.1 Å². The summed E-state index contributed by atoms with van der Waals surface area (Å²) in [5.41, 5.74) is 2.53. The van der Waals surface area contributed by atoms with Gasteiger partial charge in [-0.25, -0.2) is 4.39 Å². The number of carbonyl (C=O) groups excluding carboxylic acids is 1. The molecule has 31 heavy (non-hydrogen) atoms. The zero-order valence-corrected chi connectivity index (χ0v) is 19.1. The van der Waals surface area contributed by atoms with E-state index < -0.39 is 0 Å². The first-order valence-corrected chi connectivity index (χ1v) is 11.3. The monoisotopic (exact) mass is 444 g/mol. The Labute approximate surface area is 188 Å². The number of carbonyl (C=O) groups is 1. The van der Waals surface area contributed by atoms with Crippen molar-refractivity contribution in [1.82, 2.24) is 10.2 Å². The summed E-state index contributed by atoms with van der Waals surface area (Å²) in [7, 11) is 0. The number of nitrogens with zero attached hydrogens (tertiary/aromatic N) is 1. The minimum absolute atomic E-state index is 0.0227. The van der Waals surface area contributed by atoms with E-state index in [1.165, 1.54) is 6.07 Å². The number of hydrogen-bond acceptors (Lipinski definition) is 3. The van der Waals surface area contributed by atoms with Crippen LogP contribution in [0, 0.1) is 18.7 Å². The van der Waals surface area contributed by atoms with Gasteiger partial charge in [0.2, 0.25) is 5.91 Å². The van der Waals surface area contributed by atoms with E-state index >= 15 is 0 Å². The summed E-state index contributed by atoms with van der Waals surface area (Å²) in [6.07, 6.45) is 2.28. The lowest BCUT2D eigenvalue weighted by Crippen LogP contribution is -2.45. The van der Waals surface area contributed by atoms with Gasteiger partial charge < -0.3 is 10.1 Å². The number of hydrogen-bond donors (Lipinski definition) is 1. The maximum absolute atomic E-state index is 14.1. The van der Waals surface area contributed by atoms with Crippen LogP contribution in [0.4, 0.5) is 4.39 Å². The predicted molar refractivity (Wildman–Crippen MR) is 121 cm³/mol. The second-order valence-electron chi connectivity index (χ2n) is 9.45. The fraction of sp³-hybridized carbons (Fsp3) is 0.480. The molecule has 0 bridgehead atoms. The Hall–Kier alpha value is -2.11. The fourth-order valence-electron chi connectivity index (χ4n) is 4.64. The number of piperidine rings is 1. The highest BCUT2D eigenvalue weighted by Gasteiger charge is 2.36. The van der Waals surface area contributed by atoms with Crippen molar-refractivity contribution in [2.45, 2.75) is 58.2 Å². The Kier molecular flexibility index (Phi) is 6.27. The van der Waals surface area contributed by atoms with Crippen LogP contribution in [-0.2, 0) is 11.3 Å². The standard InChI is InChI=1S/C25H30ClFN2O2/c1-16-4-7-23-20(12-16)22(14-25(2,3)31-23)28-24(30)17-8-10-29(11-9-17)15-18-5-6-19(26)13-21(18)27/h4-7,12-13,17,22H,8-11,14-15H2,1-3H3,(H,28,30)/t22-/m0/s1. The summed E-state index contributed by atoms with van der Waals surface area (Å²) in [5, 5.41) is 3.70. The molecule has 4 nitrogen and oxygen atoms in total. The summed E-state index contributed by atoms with van der Waals surface area (Å²) in [6, 6.07) is 10.9. The Bertz CT molecular complexity index is 970. The molecule has 0 unspecified atom stereocenters. The molecule has 6 heteroatoms. The van der Waals surface area contributed by atoms with Gasteiger partial charge in [0.1, 0.15) is 17.2 Å². The van der Waals surface area contributed by atoms with Gasteiger partial charge in [-0.05, 0) is 64.9 Å². The lowest BCUT2D eigenvalue weighted by atomic mass is 9.88. The number of benzene rings is 2. The lowest BCUT2D eigenvalue weighted by molar-refractivity contribution is -0.127. The third-order valence-corrected chi connectivity index (χ3v) is 6.54. The molecule has 1 atom stereocenters. The molecule has 1 fully saturated rings. The van der Waals surface area contributed by atoms with Crippen molar-refractivity contribution in [3.8, 4) is 5.75 Å². The largest absolute Gasteiger partial charge is 0.487 e. The average Bonchev–Trinajstić information content (AvgIpc) is 2.70. The molecule has 2 aromatic carbocycles. The first kappa shape index (κ1) is 22.1. The molecule has 1 saturated heterocycles. The Balaban J connectivity index is 1.37. The molecule has 0 saturated carbocycles. The van der Waals surface area contributed by atoms with E-state index in [4.69, 9.17) is 16.3 Å². The van der Waals surface area contributed by atoms with Gasteiger partial charge in [0, 0.05) is 35.0 Å². The van der Waals surface area contributed by atoms with Gasteiger partial charge in [0.05, 0.1) is 6.04 Å². The summed E-state index contributed by atoms with van der Waals surface area (Å²) < 4.78 is 20.2. The van der Waals surface area contributed by atoms with Crippen LogP contribution in [0.15, 0.2) is 36.4 Å². The smallest absolute Gasteiger partial charge is 0.223 e. The van der Waals surface area contributed by atoms with Gasteiger partial charge in [-0.2, -0.15) is 0 Å². The van der Waals surface area contributed by atoms with Crippen LogP contribution in [0.3, 0.4) is 0 Å². The van der Waals surface area contributed by atoms with Gasteiger partial charge in [-0.3, -0.25) is 9.69 Å². The van der Waals surface area contributed by atoms with E-state index in [2.05, 4.69) is 37.1 Å². The minimum Gasteiger partial charge on any atom is -0.487 e. The van der Waals surface area contributed by atoms with Crippen LogP contribution in [0.1, 0.15) is 55.8 Å². The highest BCUT2D eigenvalue weighted by molar-refractivity contribution is 6.30. The van der Waals surface area contributed by atoms with Crippen molar-refractivity contribution in [3.05, 3.63) is 63.9 Å². The van der Waals surface area contributed by atoms with Gasteiger partial charge >= 0.3 is 0 Å². The third-order valence-electron chi connectivity index (χ3n) is 6.31. The number of halogens is 2. The summed E-state index contributed by atoms with van der Waals surface area (Å²) in [4.78, 5) is 15.3. The second kappa shape index (κ2) is 8.79. The van der Waals surface area contributed by atoms with Crippen molar-refractivity contribution >= 4 is 17.5 Å².